The highest BCUT2D eigenvalue weighted by Crippen LogP contribution is 2.20. The molecule has 0 aliphatic carbocycles. The first-order chi connectivity index (χ1) is 11.1. The van der Waals surface area contributed by atoms with E-state index in [1.165, 1.54) is 19.5 Å². The van der Waals surface area contributed by atoms with Crippen molar-refractivity contribution in [2.45, 2.75) is 26.7 Å². The van der Waals surface area contributed by atoms with Crippen molar-refractivity contribution >= 4 is 16.8 Å². The van der Waals surface area contributed by atoms with Crippen molar-refractivity contribution in [1.29, 1.82) is 0 Å². The summed E-state index contributed by atoms with van der Waals surface area (Å²) in [5.41, 5.74) is 1.38. The highest BCUT2D eigenvalue weighted by atomic mass is 16.1. The normalized spacial score (nSPS) is 22.3. The maximum Gasteiger partial charge on any atom is 0.272 e. The van der Waals surface area contributed by atoms with Crippen LogP contribution in [0.5, 0.6) is 0 Å². The van der Waals surface area contributed by atoms with Gasteiger partial charge in [-0.15, -0.1) is 0 Å². The fourth-order valence-electron chi connectivity index (χ4n) is 3.70. The Morgan fingerprint density at radius 3 is 2.83 bits per heavy atom. The summed E-state index contributed by atoms with van der Waals surface area (Å²) in [4.78, 5) is 14.8. The standard InChI is InChI=1S/C18H26N4O/c1-13-10-14(2)12-22(11-13)9-5-8-19-18(23)17-15-6-3-4-7-16(15)20-21-17/h3-4,6-7,13-14H,5,8-12H2,1-2H3,(H,19,23)(H,20,21)/t13-,14-/m1/s1. The van der Waals surface area contributed by atoms with E-state index in [4.69, 9.17) is 0 Å². The van der Waals surface area contributed by atoms with Gasteiger partial charge in [0.1, 0.15) is 0 Å². The summed E-state index contributed by atoms with van der Waals surface area (Å²) in [5.74, 6) is 1.47. The van der Waals surface area contributed by atoms with Crippen LogP contribution in [0, 0.1) is 11.8 Å². The third-order valence-electron chi connectivity index (χ3n) is 4.57. The van der Waals surface area contributed by atoms with Crippen LogP contribution in [0.25, 0.3) is 10.9 Å². The lowest BCUT2D eigenvalue weighted by Gasteiger charge is -2.34. The Morgan fingerprint density at radius 1 is 1.30 bits per heavy atom. The smallest absolute Gasteiger partial charge is 0.272 e. The molecular weight excluding hydrogens is 288 g/mol. The number of benzene rings is 1. The highest BCUT2D eigenvalue weighted by Gasteiger charge is 2.21. The number of likely N-dealkylation sites (tertiary alicyclic amines) is 1. The van der Waals surface area contributed by atoms with E-state index in [2.05, 4.69) is 34.3 Å². The Hall–Kier alpha value is -1.88. The molecule has 0 spiro atoms. The van der Waals surface area contributed by atoms with Gasteiger partial charge in [0.25, 0.3) is 5.91 Å². The number of piperidine rings is 1. The number of rotatable bonds is 5. The first-order valence-electron chi connectivity index (χ1n) is 8.57. The minimum absolute atomic E-state index is 0.0946. The minimum Gasteiger partial charge on any atom is -0.351 e. The molecule has 1 aromatic heterocycles. The number of nitrogens with zero attached hydrogens (tertiary/aromatic N) is 2. The van der Waals surface area contributed by atoms with Gasteiger partial charge in [-0.1, -0.05) is 32.0 Å². The third kappa shape index (κ3) is 3.91. The summed E-state index contributed by atoms with van der Waals surface area (Å²) in [6.07, 6.45) is 2.31. The molecule has 1 aromatic carbocycles. The van der Waals surface area contributed by atoms with Crippen LogP contribution >= 0.6 is 0 Å². The fourth-order valence-corrected chi connectivity index (χ4v) is 3.70. The average molecular weight is 314 g/mol. The molecule has 2 N–H and O–H groups in total. The molecule has 0 radical (unpaired) electrons. The average Bonchev–Trinajstić information content (AvgIpc) is 2.94. The van der Waals surface area contributed by atoms with E-state index in [1.807, 2.05) is 24.3 Å². The molecule has 1 aliphatic rings. The van der Waals surface area contributed by atoms with Crippen molar-refractivity contribution in [3.05, 3.63) is 30.0 Å². The largest absolute Gasteiger partial charge is 0.351 e. The van der Waals surface area contributed by atoms with Gasteiger partial charge in [-0.05, 0) is 37.3 Å². The second-order valence-electron chi connectivity index (χ2n) is 6.93. The molecule has 1 amide bonds. The summed E-state index contributed by atoms with van der Waals surface area (Å²) in [7, 11) is 0. The van der Waals surface area contributed by atoms with E-state index in [0.717, 1.165) is 35.7 Å². The SMILES string of the molecule is C[C@@H]1C[C@@H](C)CN(CCCNC(=O)c2n[nH]c3ccccc23)C1. The molecule has 1 aliphatic heterocycles. The van der Waals surface area contributed by atoms with Crippen LogP contribution in [0.15, 0.2) is 24.3 Å². The van der Waals surface area contributed by atoms with Crippen LogP contribution in [0.3, 0.4) is 0 Å². The highest BCUT2D eigenvalue weighted by molar-refractivity contribution is 6.04. The minimum atomic E-state index is -0.0946. The van der Waals surface area contributed by atoms with Gasteiger partial charge in [-0.25, -0.2) is 0 Å². The molecule has 3 rings (SSSR count). The Bertz CT molecular complexity index is 656. The van der Waals surface area contributed by atoms with Gasteiger partial charge < -0.3 is 10.2 Å². The summed E-state index contributed by atoms with van der Waals surface area (Å²) >= 11 is 0. The van der Waals surface area contributed by atoms with E-state index in [9.17, 15) is 4.79 Å². The Labute approximate surface area is 137 Å². The molecule has 2 atom stereocenters. The third-order valence-corrected chi connectivity index (χ3v) is 4.57. The van der Waals surface area contributed by atoms with Crippen molar-refractivity contribution in [3.63, 3.8) is 0 Å². The van der Waals surface area contributed by atoms with E-state index in [0.29, 0.717) is 12.2 Å². The van der Waals surface area contributed by atoms with Gasteiger partial charge in [-0.2, -0.15) is 5.10 Å². The molecule has 1 fully saturated rings. The molecule has 5 heteroatoms. The number of hydrogen-bond acceptors (Lipinski definition) is 3. The van der Waals surface area contributed by atoms with Gasteiger partial charge in [0.15, 0.2) is 5.69 Å². The van der Waals surface area contributed by atoms with Crippen LogP contribution in [-0.2, 0) is 0 Å². The van der Waals surface area contributed by atoms with E-state index < -0.39 is 0 Å². The molecule has 0 unspecified atom stereocenters. The predicted molar refractivity (Wildman–Crippen MR) is 92.4 cm³/mol. The second kappa shape index (κ2) is 7.13. The number of H-pyrrole nitrogens is 1. The van der Waals surface area contributed by atoms with Crippen LogP contribution in [-0.4, -0.2) is 47.2 Å². The molecule has 0 saturated carbocycles. The zero-order valence-corrected chi connectivity index (χ0v) is 14.0. The lowest BCUT2D eigenvalue weighted by atomic mass is 9.92. The second-order valence-corrected chi connectivity index (χ2v) is 6.93. The van der Waals surface area contributed by atoms with Crippen LogP contribution < -0.4 is 5.32 Å². The van der Waals surface area contributed by atoms with Gasteiger partial charge in [0.2, 0.25) is 0 Å². The Morgan fingerprint density at radius 2 is 2.04 bits per heavy atom. The monoisotopic (exact) mass is 314 g/mol. The van der Waals surface area contributed by atoms with Crippen molar-refractivity contribution in [3.8, 4) is 0 Å². The van der Waals surface area contributed by atoms with E-state index in [-0.39, 0.29) is 5.91 Å². The molecular formula is C18H26N4O. The summed E-state index contributed by atoms with van der Waals surface area (Å²) in [6.45, 7) is 8.76. The lowest BCUT2D eigenvalue weighted by molar-refractivity contribution is 0.0944. The maximum absolute atomic E-state index is 12.3. The van der Waals surface area contributed by atoms with E-state index >= 15 is 0 Å². The lowest BCUT2D eigenvalue weighted by Crippen LogP contribution is -2.40. The topological polar surface area (TPSA) is 61.0 Å². The molecule has 2 heterocycles. The number of hydrogen-bond donors (Lipinski definition) is 2. The van der Waals surface area contributed by atoms with Crippen LogP contribution in [0.1, 0.15) is 37.2 Å². The predicted octanol–water partition coefficient (Wildman–Crippen LogP) is 2.66. The number of amides is 1. The van der Waals surface area contributed by atoms with E-state index in [1.54, 1.807) is 0 Å². The van der Waals surface area contributed by atoms with Gasteiger partial charge >= 0.3 is 0 Å². The van der Waals surface area contributed by atoms with Gasteiger partial charge in [-0.3, -0.25) is 9.89 Å². The molecule has 23 heavy (non-hydrogen) atoms. The molecule has 5 nitrogen and oxygen atoms in total. The first kappa shape index (κ1) is 16.0. The number of carbonyl (C=O) groups excluding carboxylic acids is 1. The molecule has 1 saturated heterocycles. The fraction of sp³-hybridized carbons (Fsp3) is 0.556. The number of para-hydroxylation sites is 1. The number of aromatic nitrogens is 2. The number of carbonyl (C=O) groups is 1. The number of fused-ring (bicyclic) bond motifs is 1. The van der Waals surface area contributed by atoms with Crippen LogP contribution in [0.4, 0.5) is 0 Å². The summed E-state index contributed by atoms with van der Waals surface area (Å²) in [6, 6.07) is 7.71. The first-order valence-corrected chi connectivity index (χ1v) is 8.57. The number of nitrogens with one attached hydrogen (secondary N) is 2. The summed E-state index contributed by atoms with van der Waals surface area (Å²) < 4.78 is 0. The van der Waals surface area contributed by atoms with Crippen molar-refractivity contribution in [1.82, 2.24) is 20.4 Å². The Kier molecular flexibility index (Phi) is 4.96. The van der Waals surface area contributed by atoms with Gasteiger partial charge in [0.05, 0.1) is 5.52 Å². The number of aromatic amines is 1. The van der Waals surface area contributed by atoms with Crippen molar-refractivity contribution in [2.75, 3.05) is 26.2 Å². The molecule has 124 valence electrons. The zero-order chi connectivity index (χ0) is 16.2. The van der Waals surface area contributed by atoms with Crippen molar-refractivity contribution < 1.29 is 4.79 Å². The van der Waals surface area contributed by atoms with Crippen molar-refractivity contribution in [2.24, 2.45) is 11.8 Å². The Balaban J connectivity index is 1.46. The summed E-state index contributed by atoms with van der Waals surface area (Å²) in [5, 5.41) is 10.9. The maximum atomic E-state index is 12.3. The molecule has 0 bridgehead atoms. The quantitative estimate of drug-likeness (QED) is 0.834. The zero-order valence-electron chi connectivity index (χ0n) is 14.0. The molecule has 2 aromatic rings. The van der Waals surface area contributed by atoms with Gasteiger partial charge in [0, 0.05) is 25.0 Å². The van der Waals surface area contributed by atoms with Crippen LogP contribution in [0.2, 0.25) is 0 Å².